The smallest absolute Gasteiger partial charge is 0.249 e. The first-order valence-corrected chi connectivity index (χ1v) is 11.7. The average Bonchev–Trinajstić information content (AvgIpc) is 3.26. The van der Waals surface area contributed by atoms with E-state index >= 15 is 0 Å². The Hall–Kier alpha value is -3.25. The maximum absolute atomic E-state index is 14.0. The molecule has 34 heavy (non-hydrogen) atoms. The second kappa shape index (κ2) is 9.55. The van der Waals surface area contributed by atoms with E-state index in [1.54, 1.807) is 0 Å². The van der Waals surface area contributed by atoms with Crippen LogP contribution < -0.4 is 0 Å². The lowest BCUT2D eigenvalue weighted by molar-refractivity contribution is -0.132. The summed E-state index contributed by atoms with van der Waals surface area (Å²) < 4.78 is 86.6. The van der Waals surface area contributed by atoms with Crippen LogP contribution in [-0.2, 0) is 21.2 Å². The SMILES string of the molecule is O=C(CCc1ncc(-c2ccc(F)cc2F)o1)N1CCN(S(=O)(=O)c2c(F)cccc2F)CC1. The molecular formula is C22H19F4N3O4S. The van der Waals surface area contributed by atoms with E-state index in [0.717, 1.165) is 34.6 Å². The van der Waals surface area contributed by atoms with Gasteiger partial charge in [-0.05, 0) is 24.3 Å². The molecule has 1 aliphatic rings. The first kappa shape index (κ1) is 23.9. The first-order chi connectivity index (χ1) is 16.2. The molecule has 7 nitrogen and oxygen atoms in total. The average molecular weight is 497 g/mol. The number of hydrogen-bond acceptors (Lipinski definition) is 5. The molecular weight excluding hydrogens is 478 g/mol. The van der Waals surface area contributed by atoms with Crippen molar-refractivity contribution in [3.8, 4) is 11.3 Å². The van der Waals surface area contributed by atoms with E-state index in [2.05, 4.69) is 4.98 Å². The topological polar surface area (TPSA) is 83.7 Å². The molecule has 2 aromatic carbocycles. The van der Waals surface area contributed by atoms with Crippen molar-refractivity contribution in [1.29, 1.82) is 0 Å². The minimum absolute atomic E-state index is 0.000541. The third kappa shape index (κ3) is 4.82. The number of halogens is 4. The van der Waals surface area contributed by atoms with E-state index < -0.39 is 38.2 Å². The molecule has 180 valence electrons. The van der Waals surface area contributed by atoms with Gasteiger partial charge in [-0.25, -0.2) is 31.0 Å². The van der Waals surface area contributed by atoms with Crippen molar-refractivity contribution in [2.75, 3.05) is 26.2 Å². The van der Waals surface area contributed by atoms with Gasteiger partial charge >= 0.3 is 0 Å². The Labute approximate surface area is 192 Å². The summed E-state index contributed by atoms with van der Waals surface area (Å²) in [5.41, 5.74) is 0.0371. The highest BCUT2D eigenvalue weighted by Gasteiger charge is 2.34. The molecule has 0 radical (unpaired) electrons. The molecule has 3 aromatic rings. The Morgan fingerprint density at radius 2 is 1.65 bits per heavy atom. The van der Waals surface area contributed by atoms with Crippen LogP contribution in [0.1, 0.15) is 12.3 Å². The van der Waals surface area contributed by atoms with Gasteiger partial charge < -0.3 is 9.32 Å². The number of oxazole rings is 1. The predicted octanol–water partition coefficient (Wildman–Crippen LogP) is 3.36. The number of aromatic nitrogens is 1. The lowest BCUT2D eigenvalue weighted by atomic mass is 10.2. The number of hydrogen-bond donors (Lipinski definition) is 0. The highest BCUT2D eigenvalue weighted by molar-refractivity contribution is 7.89. The number of benzene rings is 2. The number of nitrogens with zero attached hydrogens (tertiary/aromatic N) is 3. The van der Waals surface area contributed by atoms with Crippen molar-refractivity contribution in [3.05, 3.63) is 71.8 Å². The summed E-state index contributed by atoms with van der Waals surface area (Å²) in [5.74, 6) is -3.89. The van der Waals surface area contributed by atoms with Gasteiger partial charge in [0.05, 0.1) is 11.8 Å². The number of carbonyl (C=O) groups excluding carboxylic acids is 1. The van der Waals surface area contributed by atoms with Gasteiger partial charge in [0.2, 0.25) is 15.9 Å². The van der Waals surface area contributed by atoms with Gasteiger partial charge in [-0.15, -0.1) is 0 Å². The Balaban J connectivity index is 1.34. The molecule has 0 spiro atoms. The molecule has 0 unspecified atom stereocenters. The quantitative estimate of drug-likeness (QED) is 0.488. The van der Waals surface area contributed by atoms with E-state index in [4.69, 9.17) is 4.42 Å². The van der Waals surface area contributed by atoms with Crippen LogP contribution in [0.2, 0.25) is 0 Å². The van der Waals surface area contributed by atoms with Crippen LogP contribution in [0.15, 0.2) is 51.9 Å². The van der Waals surface area contributed by atoms with Crippen molar-refractivity contribution in [2.45, 2.75) is 17.7 Å². The van der Waals surface area contributed by atoms with Crippen LogP contribution in [0.5, 0.6) is 0 Å². The van der Waals surface area contributed by atoms with Gasteiger partial charge in [-0.3, -0.25) is 4.79 Å². The molecule has 0 saturated carbocycles. The zero-order valence-electron chi connectivity index (χ0n) is 17.7. The fourth-order valence-electron chi connectivity index (χ4n) is 3.65. The molecule has 1 aliphatic heterocycles. The summed E-state index contributed by atoms with van der Waals surface area (Å²) in [7, 11) is -4.39. The zero-order valence-corrected chi connectivity index (χ0v) is 18.5. The highest BCUT2D eigenvalue weighted by atomic mass is 32.2. The molecule has 0 N–H and O–H groups in total. The second-order valence-electron chi connectivity index (χ2n) is 7.58. The van der Waals surface area contributed by atoms with Crippen LogP contribution in [0.3, 0.4) is 0 Å². The molecule has 1 aromatic heterocycles. The monoisotopic (exact) mass is 497 g/mol. The molecule has 1 saturated heterocycles. The summed E-state index contributed by atoms with van der Waals surface area (Å²) in [6.45, 7) is -0.138. The molecule has 4 rings (SSSR count). The normalized spacial score (nSPS) is 15.0. The number of piperazine rings is 1. The van der Waals surface area contributed by atoms with Crippen molar-refractivity contribution in [1.82, 2.24) is 14.2 Å². The molecule has 1 fully saturated rings. The maximum Gasteiger partial charge on any atom is 0.249 e. The van der Waals surface area contributed by atoms with Gasteiger partial charge in [0.15, 0.2) is 16.5 Å². The zero-order chi connectivity index (χ0) is 24.5. The number of carbonyl (C=O) groups is 1. The molecule has 0 bridgehead atoms. The van der Waals surface area contributed by atoms with Crippen LogP contribution in [0.4, 0.5) is 17.6 Å². The number of sulfonamides is 1. The number of aryl methyl sites for hydroxylation is 1. The van der Waals surface area contributed by atoms with Crippen LogP contribution in [-0.4, -0.2) is 54.7 Å². The summed E-state index contributed by atoms with van der Waals surface area (Å²) in [4.78, 5) is 17.0. The maximum atomic E-state index is 14.0. The Morgan fingerprint density at radius 3 is 2.29 bits per heavy atom. The number of rotatable bonds is 6. The van der Waals surface area contributed by atoms with E-state index in [-0.39, 0.29) is 62.1 Å². The lowest BCUT2D eigenvalue weighted by Crippen LogP contribution is -2.50. The van der Waals surface area contributed by atoms with Crippen LogP contribution in [0.25, 0.3) is 11.3 Å². The summed E-state index contributed by atoms with van der Waals surface area (Å²) >= 11 is 0. The third-order valence-electron chi connectivity index (χ3n) is 5.41. The number of amides is 1. The van der Waals surface area contributed by atoms with Crippen LogP contribution in [0, 0.1) is 23.3 Å². The van der Waals surface area contributed by atoms with Crippen molar-refractivity contribution >= 4 is 15.9 Å². The van der Waals surface area contributed by atoms with E-state index in [9.17, 15) is 30.8 Å². The fourth-order valence-corrected chi connectivity index (χ4v) is 5.18. The van der Waals surface area contributed by atoms with Gasteiger partial charge in [-0.1, -0.05) is 6.07 Å². The van der Waals surface area contributed by atoms with E-state index in [1.165, 1.54) is 17.2 Å². The van der Waals surface area contributed by atoms with Crippen molar-refractivity contribution in [2.24, 2.45) is 0 Å². The summed E-state index contributed by atoms with van der Waals surface area (Å²) in [6.07, 6.45) is 1.39. The second-order valence-corrected chi connectivity index (χ2v) is 9.45. The Bertz CT molecular complexity index is 1300. The van der Waals surface area contributed by atoms with E-state index in [0.29, 0.717) is 0 Å². The van der Waals surface area contributed by atoms with Crippen LogP contribution >= 0.6 is 0 Å². The first-order valence-electron chi connectivity index (χ1n) is 10.3. The van der Waals surface area contributed by atoms with Gasteiger partial charge in [0.1, 0.15) is 23.3 Å². The molecule has 2 heterocycles. The minimum Gasteiger partial charge on any atom is -0.441 e. The Kier molecular flexibility index (Phi) is 6.71. The molecule has 1 amide bonds. The molecule has 0 aliphatic carbocycles. The van der Waals surface area contributed by atoms with Crippen molar-refractivity contribution in [3.63, 3.8) is 0 Å². The Morgan fingerprint density at radius 1 is 0.971 bits per heavy atom. The van der Waals surface area contributed by atoms with Crippen molar-refractivity contribution < 1.29 is 35.2 Å². The van der Waals surface area contributed by atoms with E-state index in [1.807, 2.05) is 0 Å². The fraction of sp³-hybridized carbons (Fsp3) is 0.273. The lowest BCUT2D eigenvalue weighted by Gasteiger charge is -2.34. The summed E-state index contributed by atoms with van der Waals surface area (Å²) in [6, 6.07) is 5.85. The van der Waals surface area contributed by atoms with Gasteiger partial charge in [0, 0.05) is 45.1 Å². The standard InChI is InChI=1S/C22H19F4N3O4S/c23-14-4-5-15(18(26)12-14)19-13-27-20(33-19)6-7-21(30)28-8-10-29(11-9-28)34(31,32)22-16(24)2-1-3-17(22)25/h1-5,12-13H,6-11H2. The minimum atomic E-state index is -4.39. The molecule has 12 heteroatoms. The van der Waals surface area contributed by atoms with Gasteiger partial charge in [0.25, 0.3) is 0 Å². The largest absolute Gasteiger partial charge is 0.441 e. The predicted molar refractivity (Wildman–Crippen MR) is 112 cm³/mol. The molecule has 0 atom stereocenters. The summed E-state index contributed by atoms with van der Waals surface area (Å²) in [5, 5.41) is 0. The third-order valence-corrected chi connectivity index (χ3v) is 7.36. The highest BCUT2D eigenvalue weighted by Crippen LogP contribution is 2.26. The van der Waals surface area contributed by atoms with Gasteiger partial charge in [-0.2, -0.15) is 4.31 Å².